The Kier molecular flexibility index (Phi) is 4.76. The summed E-state index contributed by atoms with van der Waals surface area (Å²) in [6.45, 7) is 5.95. The van der Waals surface area contributed by atoms with Gasteiger partial charge in [-0.25, -0.2) is 0 Å². The van der Waals surface area contributed by atoms with Crippen molar-refractivity contribution in [3.63, 3.8) is 0 Å². The average Bonchev–Trinajstić information content (AvgIpc) is 3.46. The monoisotopic (exact) mass is 381 g/mol. The number of nitrogens with zero attached hydrogens (tertiary/aromatic N) is 3. The fraction of sp³-hybridized carbons (Fsp3) is 0.455. The molecule has 0 radical (unpaired) electrons. The molecule has 1 aliphatic carbocycles. The van der Waals surface area contributed by atoms with Crippen LogP contribution in [0.5, 0.6) is 0 Å². The van der Waals surface area contributed by atoms with Crippen LogP contribution in [-0.4, -0.2) is 44.8 Å². The van der Waals surface area contributed by atoms with Gasteiger partial charge in [-0.1, -0.05) is 24.3 Å². The van der Waals surface area contributed by atoms with Crippen LogP contribution in [-0.2, 0) is 11.3 Å². The molecule has 1 saturated heterocycles. The summed E-state index contributed by atoms with van der Waals surface area (Å²) in [5.74, 6) is 0.897. The first-order valence-corrected chi connectivity index (χ1v) is 10.7. The highest BCUT2D eigenvalue weighted by Crippen LogP contribution is 2.47. The van der Waals surface area contributed by atoms with Gasteiger partial charge in [0.1, 0.15) is 0 Å². The van der Waals surface area contributed by atoms with E-state index in [2.05, 4.69) is 63.0 Å². The van der Waals surface area contributed by atoms with Crippen molar-refractivity contribution in [2.45, 2.75) is 19.4 Å². The smallest absolute Gasteiger partial charge is 0.0732 e. The lowest BCUT2D eigenvalue weighted by Crippen LogP contribution is -2.35. The molecule has 0 unspecified atom stereocenters. The van der Waals surface area contributed by atoms with Crippen LogP contribution in [0.15, 0.2) is 42.5 Å². The second kappa shape index (κ2) is 7.38. The molecule has 2 aromatic rings. The van der Waals surface area contributed by atoms with Crippen molar-refractivity contribution in [2.24, 2.45) is 5.92 Å². The molecule has 0 amide bonds. The van der Waals surface area contributed by atoms with Crippen molar-refractivity contribution >= 4 is 23.5 Å². The first kappa shape index (κ1) is 17.4. The summed E-state index contributed by atoms with van der Waals surface area (Å²) < 4.78 is 10.2. The van der Waals surface area contributed by atoms with E-state index in [9.17, 15) is 0 Å². The topological polar surface area (TPSA) is 19.0 Å². The minimum Gasteiger partial charge on any atom is -0.379 e. The highest BCUT2D eigenvalue weighted by Gasteiger charge is 2.31. The van der Waals surface area contributed by atoms with Crippen LogP contribution < -0.4 is 8.61 Å². The molecule has 0 bridgehead atoms. The molecule has 2 aliphatic heterocycles. The van der Waals surface area contributed by atoms with Crippen LogP contribution in [0.3, 0.4) is 0 Å². The molecule has 5 heteroatoms. The molecule has 27 heavy (non-hydrogen) atoms. The maximum atomic E-state index is 5.47. The van der Waals surface area contributed by atoms with Crippen molar-refractivity contribution in [3.05, 3.63) is 48.0 Å². The number of fused-ring (bicyclic) bond motifs is 1. The van der Waals surface area contributed by atoms with Crippen molar-refractivity contribution < 1.29 is 4.74 Å². The van der Waals surface area contributed by atoms with Crippen molar-refractivity contribution in [2.75, 3.05) is 48.5 Å². The van der Waals surface area contributed by atoms with Gasteiger partial charge in [0.25, 0.3) is 0 Å². The third-order valence-electron chi connectivity index (χ3n) is 5.70. The van der Waals surface area contributed by atoms with Crippen LogP contribution in [0.1, 0.15) is 18.4 Å². The third-order valence-corrected chi connectivity index (χ3v) is 6.68. The van der Waals surface area contributed by atoms with Gasteiger partial charge < -0.3 is 4.74 Å². The lowest BCUT2D eigenvalue weighted by atomic mass is 10.0. The Bertz CT molecular complexity index is 817. The van der Waals surface area contributed by atoms with E-state index in [1.165, 1.54) is 47.5 Å². The van der Waals surface area contributed by atoms with Crippen molar-refractivity contribution in [1.82, 2.24) is 4.90 Å². The van der Waals surface area contributed by atoms with Gasteiger partial charge in [-0.15, -0.1) is 0 Å². The summed E-state index contributed by atoms with van der Waals surface area (Å²) in [6, 6.07) is 15.9. The molecule has 0 atom stereocenters. The summed E-state index contributed by atoms with van der Waals surface area (Å²) in [5.41, 5.74) is 6.69. The largest absolute Gasteiger partial charge is 0.379 e. The Balaban J connectivity index is 1.37. The Labute approximate surface area is 166 Å². The fourth-order valence-electron chi connectivity index (χ4n) is 3.94. The quantitative estimate of drug-likeness (QED) is 0.712. The molecule has 0 aromatic heterocycles. The highest BCUT2D eigenvalue weighted by atomic mass is 32.2. The van der Waals surface area contributed by atoms with Crippen LogP contribution in [0.2, 0.25) is 0 Å². The summed E-state index contributed by atoms with van der Waals surface area (Å²) >= 11 is 1.84. The zero-order valence-corrected chi connectivity index (χ0v) is 16.8. The summed E-state index contributed by atoms with van der Waals surface area (Å²) in [7, 11) is 2.18. The van der Waals surface area contributed by atoms with Crippen molar-refractivity contribution in [1.29, 1.82) is 0 Å². The third kappa shape index (κ3) is 3.82. The lowest BCUT2D eigenvalue weighted by molar-refractivity contribution is 0.0342. The maximum Gasteiger partial charge on any atom is 0.0732 e. The maximum absolute atomic E-state index is 5.47. The number of hydrogen-bond acceptors (Lipinski definition) is 5. The summed E-state index contributed by atoms with van der Waals surface area (Å²) in [5, 5.41) is 0. The second-order valence-corrected chi connectivity index (χ2v) is 9.03. The van der Waals surface area contributed by atoms with E-state index in [0.29, 0.717) is 0 Å². The molecule has 4 nitrogen and oxygen atoms in total. The predicted octanol–water partition coefficient (Wildman–Crippen LogP) is 4.42. The van der Waals surface area contributed by atoms with Gasteiger partial charge in [0.05, 0.1) is 36.7 Å². The van der Waals surface area contributed by atoms with E-state index in [-0.39, 0.29) is 0 Å². The zero-order chi connectivity index (χ0) is 18.2. The molecule has 3 aliphatic rings. The molecule has 2 aromatic carbocycles. The zero-order valence-electron chi connectivity index (χ0n) is 15.9. The molecular formula is C22H27N3OS. The summed E-state index contributed by atoms with van der Waals surface area (Å²) in [6.07, 6.45) is 2.79. The summed E-state index contributed by atoms with van der Waals surface area (Å²) in [4.78, 5) is 2.48. The number of morpholine rings is 1. The number of ether oxygens (including phenoxy) is 1. The van der Waals surface area contributed by atoms with Gasteiger partial charge >= 0.3 is 0 Å². The first-order chi connectivity index (χ1) is 13.3. The van der Waals surface area contributed by atoms with Gasteiger partial charge in [-0.3, -0.25) is 13.5 Å². The molecule has 5 rings (SSSR count). The molecule has 2 heterocycles. The van der Waals surface area contributed by atoms with Gasteiger partial charge in [-0.2, -0.15) is 0 Å². The van der Waals surface area contributed by atoms with E-state index in [0.717, 1.165) is 38.8 Å². The average molecular weight is 382 g/mol. The lowest BCUT2D eigenvalue weighted by Gasteiger charge is -2.26. The van der Waals surface area contributed by atoms with E-state index in [1.807, 2.05) is 12.1 Å². The van der Waals surface area contributed by atoms with Crippen LogP contribution in [0.4, 0.5) is 11.4 Å². The van der Waals surface area contributed by atoms with Crippen LogP contribution in [0.25, 0.3) is 11.1 Å². The second-order valence-electron chi connectivity index (χ2n) is 7.88. The van der Waals surface area contributed by atoms with Gasteiger partial charge in [0.15, 0.2) is 0 Å². The Morgan fingerprint density at radius 1 is 1.00 bits per heavy atom. The number of anilines is 2. The normalized spacial score (nSPS) is 20.2. The SMILES string of the molecule is CN1SN(CC2CC2)c2ccc(-c3cccc(CN4CCOCC4)c3)cc21. The molecule has 0 N–H and O–H groups in total. The predicted molar refractivity (Wildman–Crippen MR) is 114 cm³/mol. The first-order valence-electron chi connectivity index (χ1n) is 9.99. The van der Waals surface area contributed by atoms with Crippen molar-refractivity contribution in [3.8, 4) is 11.1 Å². The van der Waals surface area contributed by atoms with Crippen LogP contribution in [0, 0.1) is 5.92 Å². The Morgan fingerprint density at radius 2 is 1.81 bits per heavy atom. The standard InChI is InChI=1S/C22H27N3OS/c1-23-22-14-20(7-8-21(22)25(27-23)16-17-5-6-17)19-4-2-3-18(13-19)15-24-9-11-26-12-10-24/h2-4,7-8,13-14,17H,5-6,9-12,15-16H2,1H3. The Hall–Kier alpha value is -1.69. The molecule has 0 spiro atoms. The minimum atomic E-state index is 0.853. The van der Waals surface area contributed by atoms with E-state index in [1.54, 1.807) is 0 Å². The van der Waals surface area contributed by atoms with Gasteiger partial charge in [-0.05, 0) is 53.6 Å². The van der Waals surface area contributed by atoms with Crippen LogP contribution >= 0.6 is 12.1 Å². The highest BCUT2D eigenvalue weighted by molar-refractivity contribution is 8.02. The Morgan fingerprint density at radius 3 is 2.63 bits per heavy atom. The van der Waals surface area contributed by atoms with Gasteiger partial charge in [0, 0.05) is 33.2 Å². The molecule has 1 saturated carbocycles. The van der Waals surface area contributed by atoms with Gasteiger partial charge in [0.2, 0.25) is 0 Å². The van der Waals surface area contributed by atoms with E-state index < -0.39 is 0 Å². The van der Waals surface area contributed by atoms with E-state index in [4.69, 9.17) is 4.74 Å². The number of benzene rings is 2. The molecule has 2 fully saturated rings. The van der Waals surface area contributed by atoms with E-state index >= 15 is 0 Å². The molecular weight excluding hydrogens is 354 g/mol. The number of rotatable bonds is 5. The number of hydrogen-bond donors (Lipinski definition) is 0. The minimum absolute atomic E-state index is 0.853. The fourth-order valence-corrected chi connectivity index (χ4v) is 4.98. The molecule has 142 valence electrons.